The highest BCUT2D eigenvalue weighted by molar-refractivity contribution is 8.13. The van der Waals surface area contributed by atoms with Gasteiger partial charge in [-0.15, -0.1) is 0 Å². The first-order valence-electron chi connectivity index (χ1n) is 10.9. The summed E-state index contributed by atoms with van der Waals surface area (Å²) >= 11 is 1.30. The minimum atomic E-state index is -0.399. The average Bonchev–Trinajstić information content (AvgIpc) is 3.13. The number of thioether (sulfide) groups is 1. The van der Waals surface area contributed by atoms with Gasteiger partial charge < -0.3 is 4.74 Å². The summed E-state index contributed by atoms with van der Waals surface area (Å²) in [4.78, 5) is 44.2. The zero-order valence-electron chi connectivity index (χ0n) is 20.2. The molecule has 0 unspecified atom stereocenters. The number of methoxy groups -OCH3 is 1. The molecule has 0 aliphatic carbocycles. The minimum Gasteiger partial charge on any atom is -0.497 e. The molecule has 8 nitrogen and oxygen atoms in total. The lowest BCUT2D eigenvalue weighted by Gasteiger charge is -2.19. The van der Waals surface area contributed by atoms with Gasteiger partial charge in [-0.3, -0.25) is 23.6 Å². The summed E-state index contributed by atoms with van der Waals surface area (Å²) in [6, 6.07) is 14.7. The highest BCUT2D eigenvalue weighted by Gasteiger charge is 2.32. The Labute approximate surface area is 207 Å². The second-order valence-corrected chi connectivity index (χ2v) is 9.29. The van der Waals surface area contributed by atoms with Crippen molar-refractivity contribution in [1.82, 2.24) is 9.13 Å². The van der Waals surface area contributed by atoms with Crippen molar-refractivity contribution in [1.29, 1.82) is 0 Å². The van der Waals surface area contributed by atoms with Crippen molar-refractivity contribution in [3.8, 4) is 5.75 Å². The number of ether oxygens (including phenoxy) is 1. The number of aliphatic imine (C=N–C) groups is 1. The largest absolute Gasteiger partial charge is 0.497 e. The van der Waals surface area contributed by atoms with Crippen molar-refractivity contribution in [2.24, 2.45) is 19.1 Å². The molecule has 4 rings (SSSR count). The Morgan fingerprint density at radius 3 is 2.23 bits per heavy atom. The smallest absolute Gasteiger partial charge is 0.330 e. The number of anilines is 1. The lowest BCUT2D eigenvalue weighted by molar-refractivity contribution is -0.113. The van der Waals surface area contributed by atoms with Gasteiger partial charge in [0.2, 0.25) is 0 Å². The van der Waals surface area contributed by atoms with Crippen molar-refractivity contribution in [2.75, 3.05) is 12.0 Å². The summed E-state index contributed by atoms with van der Waals surface area (Å²) < 4.78 is 7.70. The molecule has 0 N–H and O–H groups in total. The molecule has 1 aromatic heterocycles. The standard InChI is InChI=1S/C26H26N4O4S/c1-16-10-17(2)12-19(11-16)30-24(32)22(13-18-6-8-21(34-5)9-7-18)27-25(30)35-15-20-14-23(31)29(4)26(33)28(20)3/h6-14H,15H2,1-5H3/b22-13-. The summed E-state index contributed by atoms with van der Waals surface area (Å²) in [6.07, 6.45) is 1.74. The van der Waals surface area contributed by atoms with E-state index < -0.39 is 5.69 Å². The highest BCUT2D eigenvalue weighted by Crippen LogP contribution is 2.32. The molecule has 1 amide bonds. The molecule has 1 aliphatic heterocycles. The van der Waals surface area contributed by atoms with Gasteiger partial charge in [0.15, 0.2) is 5.17 Å². The Kier molecular flexibility index (Phi) is 6.79. The maximum absolute atomic E-state index is 13.5. The van der Waals surface area contributed by atoms with Crippen molar-refractivity contribution >= 4 is 34.6 Å². The Bertz CT molecular complexity index is 1460. The number of rotatable bonds is 5. The third-order valence-corrected chi connectivity index (χ3v) is 6.66. The molecule has 35 heavy (non-hydrogen) atoms. The summed E-state index contributed by atoms with van der Waals surface area (Å²) in [5.41, 5.74) is 3.66. The van der Waals surface area contributed by atoms with Crippen molar-refractivity contribution in [2.45, 2.75) is 19.6 Å². The molecule has 2 heterocycles. The number of aryl methyl sites for hydroxylation is 2. The average molecular weight is 491 g/mol. The molecule has 0 fully saturated rings. The predicted molar refractivity (Wildman–Crippen MR) is 140 cm³/mol. The number of carbonyl (C=O) groups excluding carboxylic acids is 1. The number of benzene rings is 2. The molecule has 1 aliphatic rings. The van der Waals surface area contributed by atoms with Gasteiger partial charge in [0.05, 0.1) is 12.8 Å². The van der Waals surface area contributed by atoms with E-state index in [9.17, 15) is 14.4 Å². The molecule has 0 saturated carbocycles. The number of carbonyl (C=O) groups is 1. The molecule has 0 radical (unpaired) electrons. The second kappa shape index (κ2) is 9.79. The molecule has 180 valence electrons. The molecular weight excluding hydrogens is 464 g/mol. The fourth-order valence-electron chi connectivity index (χ4n) is 3.81. The van der Waals surface area contributed by atoms with Crippen LogP contribution in [0.15, 0.2) is 68.8 Å². The van der Waals surface area contributed by atoms with E-state index in [4.69, 9.17) is 4.74 Å². The van der Waals surface area contributed by atoms with E-state index in [1.165, 1.54) is 29.4 Å². The molecule has 0 bridgehead atoms. The minimum absolute atomic E-state index is 0.244. The van der Waals surface area contributed by atoms with E-state index in [0.717, 1.165) is 32.7 Å². The maximum Gasteiger partial charge on any atom is 0.330 e. The summed E-state index contributed by atoms with van der Waals surface area (Å²) in [6.45, 7) is 3.95. The number of aromatic nitrogens is 2. The van der Waals surface area contributed by atoms with Crippen molar-refractivity contribution in [3.05, 3.63) is 97.5 Å². The van der Waals surface area contributed by atoms with Crippen LogP contribution in [0.5, 0.6) is 5.75 Å². The van der Waals surface area contributed by atoms with Gasteiger partial charge >= 0.3 is 5.69 Å². The summed E-state index contributed by atoms with van der Waals surface area (Å²) in [5.74, 6) is 0.776. The first-order valence-corrected chi connectivity index (χ1v) is 11.9. The van der Waals surface area contributed by atoms with Crippen LogP contribution >= 0.6 is 11.8 Å². The van der Waals surface area contributed by atoms with Crippen LogP contribution in [-0.2, 0) is 24.6 Å². The Morgan fingerprint density at radius 2 is 1.60 bits per heavy atom. The maximum atomic E-state index is 13.5. The zero-order valence-corrected chi connectivity index (χ0v) is 21.0. The molecule has 0 spiro atoms. The summed E-state index contributed by atoms with van der Waals surface area (Å²) in [7, 11) is 4.66. The fraction of sp³-hybridized carbons (Fsp3) is 0.231. The van der Waals surface area contributed by atoms with Crippen molar-refractivity contribution < 1.29 is 9.53 Å². The van der Waals surface area contributed by atoms with E-state index >= 15 is 0 Å². The van der Waals surface area contributed by atoms with Crippen LogP contribution in [0.2, 0.25) is 0 Å². The van der Waals surface area contributed by atoms with Crippen LogP contribution in [-0.4, -0.2) is 27.3 Å². The molecule has 9 heteroatoms. The monoisotopic (exact) mass is 490 g/mol. The van der Waals surface area contributed by atoms with E-state index in [-0.39, 0.29) is 11.5 Å². The SMILES string of the molecule is COc1ccc(/C=C2\N=C(SCc3cc(=O)n(C)c(=O)n3C)N(c3cc(C)cc(C)c3)C2=O)cc1. The van der Waals surface area contributed by atoms with Crippen LogP contribution in [0.1, 0.15) is 22.4 Å². The van der Waals surface area contributed by atoms with Gasteiger partial charge in [-0.2, -0.15) is 0 Å². The number of hydrogen-bond acceptors (Lipinski definition) is 6. The zero-order chi connectivity index (χ0) is 25.3. The quantitative estimate of drug-likeness (QED) is 0.512. The summed E-state index contributed by atoms with van der Waals surface area (Å²) in [5, 5.41) is 0.480. The molecule has 0 saturated heterocycles. The Balaban J connectivity index is 1.73. The lowest BCUT2D eigenvalue weighted by Crippen LogP contribution is -2.38. The normalized spacial score (nSPS) is 14.5. The van der Waals surface area contributed by atoms with Crippen LogP contribution < -0.4 is 20.9 Å². The van der Waals surface area contributed by atoms with Gasteiger partial charge in [0.1, 0.15) is 11.4 Å². The van der Waals surface area contributed by atoms with E-state index in [1.54, 1.807) is 25.1 Å². The van der Waals surface area contributed by atoms with E-state index in [2.05, 4.69) is 4.99 Å². The second-order valence-electron chi connectivity index (χ2n) is 8.35. The number of amides is 1. The van der Waals surface area contributed by atoms with Crippen LogP contribution in [0, 0.1) is 13.8 Å². The third-order valence-electron chi connectivity index (χ3n) is 5.69. The van der Waals surface area contributed by atoms with E-state index in [0.29, 0.717) is 22.3 Å². The van der Waals surface area contributed by atoms with Gasteiger partial charge in [0.25, 0.3) is 11.5 Å². The first kappa shape index (κ1) is 24.3. The third kappa shape index (κ3) is 5.00. The topological polar surface area (TPSA) is 85.9 Å². The van der Waals surface area contributed by atoms with Crippen LogP contribution in [0.25, 0.3) is 6.08 Å². The lowest BCUT2D eigenvalue weighted by atomic mass is 10.1. The van der Waals surface area contributed by atoms with Gasteiger partial charge in [-0.1, -0.05) is 30.0 Å². The van der Waals surface area contributed by atoms with Crippen LogP contribution in [0.3, 0.4) is 0 Å². The Hall–Kier alpha value is -3.85. The number of hydrogen-bond donors (Lipinski definition) is 0. The molecule has 2 aromatic carbocycles. The predicted octanol–water partition coefficient (Wildman–Crippen LogP) is 3.39. The van der Waals surface area contributed by atoms with Crippen LogP contribution in [0.4, 0.5) is 5.69 Å². The Morgan fingerprint density at radius 1 is 0.943 bits per heavy atom. The van der Waals surface area contributed by atoms with Crippen molar-refractivity contribution in [3.63, 3.8) is 0 Å². The highest BCUT2D eigenvalue weighted by atomic mass is 32.2. The molecule has 3 aromatic rings. The first-order chi connectivity index (χ1) is 16.7. The fourth-order valence-corrected chi connectivity index (χ4v) is 4.85. The number of amidine groups is 1. The molecular formula is C26H26N4O4S. The molecule has 0 atom stereocenters. The van der Waals surface area contributed by atoms with Gasteiger partial charge in [0, 0.05) is 31.6 Å². The van der Waals surface area contributed by atoms with E-state index in [1.807, 2.05) is 56.3 Å². The number of nitrogens with zero attached hydrogens (tertiary/aromatic N) is 4. The van der Waals surface area contributed by atoms with Gasteiger partial charge in [-0.05, 0) is 60.9 Å². The van der Waals surface area contributed by atoms with Gasteiger partial charge in [-0.25, -0.2) is 9.79 Å².